The van der Waals surface area contributed by atoms with Crippen molar-refractivity contribution in [2.45, 2.75) is 19.3 Å². The van der Waals surface area contributed by atoms with E-state index < -0.39 is 0 Å². The highest BCUT2D eigenvalue weighted by Crippen LogP contribution is 2.45. The van der Waals surface area contributed by atoms with E-state index in [4.69, 9.17) is 11.6 Å². The number of carbonyl (C=O) groups excluding carboxylic acids is 1. The summed E-state index contributed by atoms with van der Waals surface area (Å²) in [6, 6.07) is 8.19. The fraction of sp³-hybridized carbons (Fsp3) is 0.188. The van der Waals surface area contributed by atoms with Crippen LogP contribution in [0, 0.1) is 0 Å². The smallest absolute Gasteiger partial charge is 0.187 e. The first-order chi connectivity index (χ1) is 8.50. The van der Waals surface area contributed by atoms with Crippen LogP contribution in [0.1, 0.15) is 25.0 Å². The summed E-state index contributed by atoms with van der Waals surface area (Å²) in [7, 11) is 0. The molecule has 18 heavy (non-hydrogen) atoms. The molecule has 90 valence electrons. The Morgan fingerprint density at radius 1 is 1.06 bits per heavy atom. The number of rotatable bonds is 0. The second-order valence-electron chi connectivity index (χ2n) is 5.22. The lowest BCUT2D eigenvalue weighted by Crippen LogP contribution is -2.29. The van der Waals surface area contributed by atoms with Crippen molar-refractivity contribution in [3.8, 4) is 0 Å². The molecule has 2 aliphatic rings. The van der Waals surface area contributed by atoms with Crippen molar-refractivity contribution in [1.82, 2.24) is 0 Å². The van der Waals surface area contributed by atoms with Gasteiger partial charge in [0.25, 0.3) is 0 Å². The van der Waals surface area contributed by atoms with E-state index in [-0.39, 0.29) is 11.2 Å². The van der Waals surface area contributed by atoms with Crippen LogP contribution in [-0.4, -0.2) is 5.78 Å². The summed E-state index contributed by atoms with van der Waals surface area (Å²) in [5.74, 6) is 0.0000723. The van der Waals surface area contributed by atoms with Crippen LogP contribution in [0.25, 0.3) is 6.08 Å². The fourth-order valence-corrected chi connectivity index (χ4v) is 2.96. The number of fused-ring (bicyclic) bond motifs is 2. The van der Waals surface area contributed by atoms with E-state index in [1.54, 1.807) is 0 Å². The average molecular weight is 257 g/mol. The Morgan fingerprint density at radius 2 is 1.78 bits per heavy atom. The third kappa shape index (κ3) is 1.51. The summed E-state index contributed by atoms with van der Waals surface area (Å²) in [5.41, 5.74) is 3.94. The minimum absolute atomic E-state index is 0.0000723. The Hall–Kier alpha value is -1.60. The highest BCUT2D eigenvalue weighted by Gasteiger charge is 2.36. The molecule has 0 heterocycles. The molecule has 0 amide bonds. The van der Waals surface area contributed by atoms with Gasteiger partial charge in [0.2, 0.25) is 0 Å². The average Bonchev–Trinajstić information content (AvgIpc) is 2.31. The zero-order chi connectivity index (χ0) is 12.9. The first kappa shape index (κ1) is 11.5. The molecule has 0 aromatic heterocycles. The molecule has 0 radical (unpaired) electrons. The Balaban J connectivity index is 2.32. The van der Waals surface area contributed by atoms with E-state index in [9.17, 15) is 4.79 Å². The maximum absolute atomic E-state index is 12.1. The third-order valence-electron chi connectivity index (χ3n) is 3.71. The van der Waals surface area contributed by atoms with Crippen LogP contribution in [0.4, 0.5) is 0 Å². The lowest BCUT2D eigenvalue weighted by molar-refractivity contribution is -0.111. The number of ketones is 1. The zero-order valence-electron chi connectivity index (χ0n) is 10.3. The molecular weight excluding hydrogens is 244 g/mol. The molecule has 0 spiro atoms. The van der Waals surface area contributed by atoms with Gasteiger partial charge in [-0.3, -0.25) is 4.79 Å². The van der Waals surface area contributed by atoms with Crippen molar-refractivity contribution in [3.63, 3.8) is 0 Å². The Labute approximate surface area is 111 Å². The van der Waals surface area contributed by atoms with Gasteiger partial charge in [-0.2, -0.15) is 0 Å². The van der Waals surface area contributed by atoms with Gasteiger partial charge in [0.05, 0.1) is 0 Å². The SMILES string of the molecule is CC1(C)C2=CC(Cl)=CC(=O)C2=Cc2ccccc21. The predicted octanol–water partition coefficient (Wildman–Crippen LogP) is 3.99. The number of halogens is 1. The normalized spacial score (nSPS) is 20.4. The van der Waals surface area contributed by atoms with E-state index in [1.807, 2.05) is 30.4 Å². The Kier molecular flexibility index (Phi) is 2.36. The zero-order valence-corrected chi connectivity index (χ0v) is 11.1. The highest BCUT2D eigenvalue weighted by atomic mass is 35.5. The number of allylic oxidation sites excluding steroid dienone is 5. The molecule has 0 fully saturated rings. The Bertz CT molecular complexity index is 645. The van der Waals surface area contributed by atoms with Gasteiger partial charge in [-0.25, -0.2) is 0 Å². The minimum Gasteiger partial charge on any atom is -0.289 e. The summed E-state index contributed by atoms with van der Waals surface area (Å²) >= 11 is 6.02. The monoisotopic (exact) mass is 256 g/mol. The number of benzene rings is 1. The van der Waals surface area contributed by atoms with Gasteiger partial charge in [-0.15, -0.1) is 0 Å². The molecule has 1 aromatic rings. The topological polar surface area (TPSA) is 17.1 Å². The van der Waals surface area contributed by atoms with Gasteiger partial charge >= 0.3 is 0 Å². The molecule has 1 aromatic carbocycles. The van der Waals surface area contributed by atoms with Crippen LogP contribution in [0.5, 0.6) is 0 Å². The van der Waals surface area contributed by atoms with Crippen molar-refractivity contribution >= 4 is 23.5 Å². The van der Waals surface area contributed by atoms with Crippen molar-refractivity contribution in [3.05, 3.63) is 63.7 Å². The lowest BCUT2D eigenvalue weighted by Gasteiger charge is -2.36. The summed E-state index contributed by atoms with van der Waals surface area (Å²) in [6.07, 6.45) is 5.36. The van der Waals surface area contributed by atoms with E-state index in [1.165, 1.54) is 11.6 Å². The molecule has 0 N–H and O–H groups in total. The van der Waals surface area contributed by atoms with Crippen LogP contribution in [-0.2, 0) is 10.2 Å². The molecular formula is C16H13ClO. The second-order valence-corrected chi connectivity index (χ2v) is 5.66. The molecule has 0 saturated heterocycles. The van der Waals surface area contributed by atoms with Crippen LogP contribution in [0.2, 0.25) is 0 Å². The van der Waals surface area contributed by atoms with Crippen molar-refractivity contribution < 1.29 is 4.79 Å². The minimum atomic E-state index is -0.190. The van der Waals surface area contributed by atoms with E-state index in [2.05, 4.69) is 19.9 Å². The summed E-state index contributed by atoms with van der Waals surface area (Å²) in [6.45, 7) is 4.26. The van der Waals surface area contributed by atoms with E-state index in [0.717, 1.165) is 16.7 Å². The van der Waals surface area contributed by atoms with E-state index in [0.29, 0.717) is 5.03 Å². The highest BCUT2D eigenvalue weighted by molar-refractivity contribution is 6.35. The van der Waals surface area contributed by atoms with Gasteiger partial charge in [0.15, 0.2) is 5.78 Å². The molecule has 0 bridgehead atoms. The molecule has 0 unspecified atom stereocenters. The summed E-state index contributed by atoms with van der Waals surface area (Å²) < 4.78 is 0. The van der Waals surface area contributed by atoms with Gasteiger partial charge in [0, 0.05) is 22.1 Å². The number of carbonyl (C=O) groups is 1. The lowest BCUT2D eigenvalue weighted by atomic mass is 9.67. The van der Waals surface area contributed by atoms with E-state index >= 15 is 0 Å². The molecule has 2 aliphatic carbocycles. The molecule has 3 rings (SSSR count). The summed E-state index contributed by atoms with van der Waals surface area (Å²) in [5, 5.41) is 0.514. The van der Waals surface area contributed by atoms with Gasteiger partial charge in [-0.05, 0) is 28.9 Å². The fourth-order valence-electron chi connectivity index (χ4n) is 2.75. The standard InChI is InChI=1S/C16H13ClO/c1-16(2)13-6-4-3-5-10(13)7-12-14(16)8-11(17)9-15(12)18/h3-9H,1-2H3. The molecule has 0 atom stereocenters. The van der Waals surface area contributed by atoms with Gasteiger partial charge < -0.3 is 0 Å². The van der Waals surface area contributed by atoms with Crippen LogP contribution in [0.15, 0.2) is 52.6 Å². The van der Waals surface area contributed by atoms with Crippen molar-refractivity contribution in [2.24, 2.45) is 0 Å². The maximum Gasteiger partial charge on any atom is 0.187 e. The third-order valence-corrected chi connectivity index (χ3v) is 3.93. The molecule has 0 saturated carbocycles. The first-order valence-electron chi connectivity index (χ1n) is 5.95. The first-order valence-corrected chi connectivity index (χ1v) is 6.33. The maximum atomic E-state index is 12.1. The van der Waals surface area contributed by atoms with Crippen molar-refractivity contribution in [2.75, 3.05) is 0 Å². The summed E-state index contributed by atoms with van der Waals surface area (Å²) in [4.78, 5) is 12.1. The number of hydrogen-bond acceptors (Lipinski definition) is 1. The van der Waals surface area contributed by atoms with Crippen molar-refractivity contribution in [1.29, 1.82) is 0 Å². The number of hydrogen-bond donors (Lipinski definition) is 0. The second kappa shape index (κ2) is 3.69. The van der Waals surface area contributed by atoms with Crippen LogP contribution >= 0.6 is 11.6 Å². The molecule has 0 aliphatic heterocycles. The molecule has 2 heteroatoms. The predicted molar refractivity (Wildman–Crippen MR) is 74.5 cm³/mol. The Morgan fingerprint density at radius 3 is 2.56 bits per heavy atom. The van der Waals surface area contributed by atoms with Gasteiger partial charge in [-0.1, -0.05) is 49.7 Å². The largest absolute Gasteiger partial charge is 0.289 e. The molecule has 1 nitrogen and oxygen atoms in total. The quantitative estimate of drug-likeness (QED) is 0.686. The van der Waals surface area contributed by atoms with Gasteiger partial charge in [0.1, 0.15) is 0 Å². The van der Waals surface area contributed by atoms with Crippen LogP contribution in [0.3, 0.4) is 0 Å². The van der Waals surface area contributed by atoms with Crippen LogP contribution < -0.4 is 0 Å².